The Hall–Kier alpha value is -2.18. The van der Waals surface area contributed by atoms with Crippen LogP contribution in [0.15, 0.2) is 18.3 Å². The maximum atomic E-state index is 11.5. The molecule has 2 rings (SSSR count). The number of nitrogens with zero attached hydrogens (tertiary/aromatic N) is 2. The van der Waals surface area contributed by atoms with Crippen molar-refractivity contribution in [3.63, 3.8) is 0 Å². The number of aromatic nitrogens is 1. The molecule has 1 aliphatic carbocycles. The van der Waals surface area contributed by atoms with Gasteiger partial charge in [0.15, 0.2) is 0 Å². The Morgan fingerprint density at radius 1 is 1.37 bits per heavy atom. The molecule has 19 heavy (non-hydrogen) atoms. The topological polar surface area (TPSA) is 105 Å². The van der Waals surface area contributed by atoms with E-state index in [0.29, 0.717) is 18.7 Å². The predicted octanol–water partition coefficient (Wildman–Crippen LogP) is 2.19. The number of hydrogen-bond donors (Lipinski definition) is 2. The quantitative estimate of drug-likeness (QED) is 0.638. The third-order valence-electron chi connectivity index (χ3n) is 3.44. The summed E-state index contributed by atoms with van der Waals surface area (Å²) in [6.45, 7) is 0. The van der Waals surface area contributed by atoms with E-state index >= 15 is 0 Å². The van der Waals surface area contributed by atoms with Gasteiger partial charge in [0.1, 0.15) is 17.6 Å². The second-order valence-corrected chi connectivity index (χ2v) is 4.73. The van der Waals surface area contributed by atoms with Gasteiger partial charge in [-0.25, -0.2) is 9.78 Å². The molecular weight excluding hydrogens is 250 g/mol. The number of carboxylic acids is 1. The molecule has 1 aromatic rings. The normalized spacial score (nSPS) is 17.7. The average molecular weight is 265 g/mol. The molecule has 1 saturated carbocycles. The SMILES string of the molecule is O=C(O)C1(Nc2ccc([N+](=O)[O-])cn2)CCCCC1. The van der Waals surface area contributed by atoms with Gasteiger partial charge in [0.05, 0.1) is 4.92 Å². The zero-order chi connectivity index (χ0) is 13.9. The molecule has 1 aromatic heterocycles. The second-order valence-electron chi connectivity index (χ2n) is 4.73. The summed E-state index contributed by atoms with van der Waals surface area (Å²) in [4.78, 5) is 25.3. The van der Waals surface area contributed by atoms with Crippen LogP contribution in [0.25, 0.3) is 0 Å². The molecule has 102 valence electrons. The summed E-state index contributed by atoms with van der Waals surface area (Å²) in [5, 5.41) is 22.8. The molecule has 2 N–H and O–H groups in total. The minimum atomic E-state index is -0.999. The Morgan fingerprint density at radius 3 is 2.53 bits per heavy atom. The van der Waals surface area contributed by atoms with Crippen LogP contribution in [0.1, 0.15) is 32.1 Å². The lowest BCUT2D eigenvalue weighted by molar-refractivity contribution is -0.385. The first-order chi connectivity index (χ1) is 9.03. The Bertz CT molecular complexity index is 480. The van der Waals surface area contributed by atoms with Gasteiger partial charge in [-0.15, -0.1) is 0 Å². The monoisotopic (exact) mass is 265 g/mol. The smallest absolute Gasteiger partial charge is 0.329 e. The number of aliphatic carboxylic acids is 1. The van der Waals surface area contributed by atoms with Crippen LogP contribution < -0.4 is 5.32 Å². The molecule has 7 nitrogen and oxygen atoms in total. The Morgan fingerprint density at radius 2 is 2.05 bits per heavy atom. The third-order valence-corrected chi connectivity index (χ3v) is 3.44. The maximum absolute atomic E-state index is 11.5. The van der Waals surface area contributed by atoms with Crippen LogP contribution in [0.4, 0.5) is 11.5 Å². The van der Waals surface area contributed by atoms with E-state index in [0.717, 1.165) is 25.5 Å². The molecule has 0 atom stereocenters. The molecule has 1 aliphatic rings. The number of rotatable bonds is 4. The van der Waals surface area contributed by atoms with Gasteiger partial charge in [-0.3, -0.25) is 10.1 Å². The van der Waals surface area contributed by atoms with Gasteiger partial charge in [-0.05, 0) is 18.9 Å². The largest absolute Gasteiger partial charge is 0.480 e. The van der Waals surface area contributed by atoms with Crippen molar-refractivity contribution < 1.29 is 14.8 Å². The van der Waals surface area contributed by atoms with Crippen molar-refractivity contribution in [2.75, 3.05) is 5.32 Å². The van der Waals surface area contributed by atoms with Crippen LogP contribution in [0.2, 0.25) is 0 Å². The molecule has 0 unspecified atom stereocenters. The van der Waals surface area contributed by atoms with Crippen molar-refractivity contribution in [2.45, 2.75) is 37.6 Å². The van der Waals surface area contributed by atoms with Crippen molar-refractivity contribution in [3.05, 3.63) is 28.4 Å². The van der Waals surface area contributed by atoms with Crippen molar-refractivity contribution in [3.8, 4) is 0 Å². The first-order valence-electron chi connectivity index (χ1n) is 6.15. The molecule has 0 amide bonds. The third kappa shape index (κ3) is 2.81. The van der Waals surface area contributed by atoms with Crippen LogP contribution >= 0.6 is 0 Å². The summed E-state index contributed by atoms with van der Waals surface area (Å²) in [5.74, 6) is -0.540. The zero-order valence-corrected chi connectivity index (χ0v) is 10.3. The Balaban J connectivity index is 2.17. The number of pyridine rings is 1. The fourth-order valence-corrected chi connectivity index (χ4v) is 2.36. The highest BCUT2D eigenvalue weighted by molar-refractivity contribution is 5.82. The van der Waals surface area contributed by atoms with E-state index in [4.69, 9.17) is 0 Å². The van der Waals surface area contributed by atoms with E-state index in [1.54, 1.807) is 0 Å². The Labute approximate surface area is 109 Å². The summed E-state index contributed by atoms with van der Waals surface area (Å²) < 4.78 is 0. The fraction of sp³-hybridized carbons (Fsp3) is 0.500. The van der Waals surface area contributed by atoms with Crippen molar-refractivity contribution in [1.82, 2.24) is 4.98 Å². The van der Waals surface area contributed by atoms with E-state index in [-0.39, 0.29) is 5.69 Å². The van der Waals surface area contributed by atoms with Crippen molar-refractivity contribution in [2.24, 2.45) is 0 Å². The van der Waals surface area contributed by atoms with Crippen molar-refractivity contribution in [1.29, 1.82) is 0 Å². The average Bonchev–Trinajstić information content (AvgIpc) is 2.40. The van der Waals surface area contributed by atoms with Gasteiger partial charge in [0.2, 0.25) is 0 Å². The first-order valence-corrected chi connectivity index (χ1v) is 6.15. The number of nitrogens with one attached hydrogen (secondary N) is 1. The number of carboxylic acid groups (broad SMARTS) is 1. The van der Waals surface area contributed by atoms with Gasteiger partial charge in [-0.2, -0.15) is 0 Å². The minimum Gasteiger partial charge on any atom is -0.480 e. The van der Waals surface area contributed by atoms with Gasteiger partial charge in [0.25, 0.3) is 5.69 Å². The highest BCUT2D eigenvalue weighted by Gasteiger charge is 2.39. The standard InChI is InChI=1S/C12H15N3O4/c16-11(17)12(6-2-1-3-7-12)14-10-5-4-9(8-13-10)15(18)19/h4-5,8H,1-3,6-7H2,(H,13,14)(H,16,17). The highest BCUT2D eigenvalue weighted by atomic mass is 16.6. The van der Waals surface area contributed by atoms with Gasteiger partial charge in [0, 0.05) is 6.07 Å². The van der Waals surface area contributed by atoms with E-state index in [1.165, 1.54) is 12.1 Å². The lowest BCUT2D eigenvalue weighted by Gasteiger charge is -2.34. The number of anilines is 1. The summed E-state index contributed by atoms with van der Waals surface area (Å²) in [7, 11) is 0. The summed E-state index contributed by atoms with van der Waals surface area (Å²) >= 11 is 0. The van der Waals surface area contributed by atoms with E-state index in [2.05, 4.69) is 10.3 Å². The molecule has 7 heteroatoms. The fourth-order valence-electron chi connectivity index (χ4n) is 2.36. The van der Waals surface area contributed by atoms with Crippen LogP contribution in [0, 0.1) is 10.1 Å². The van der Waals surface area contributed by atoms with Gasteiger partial charge < -0.3 is 10.4 Å². The Kier molecular flexibility index (Phi) is 3.64. The molecule has 0 bridgehead atoms. The second kappa shape index (κ2) is 5.21. The molecular formula is C12H15N3O4. The van der Waals surface area contributed by atoms with Crippen LogP contribution in [0.5, 0.6) is 0 Å². The van der Waals surface area contributed by atoms with E-state index in [9.17, 15) is 20.0 Å². The number of carbonyl (C=O) groups is 1. The lowest BCUT2D eigenvalue weighted by Crippen LogP contribution is -2.48. The highest BCUT2D eigenvalue weighted by Crippen LogP contribution is 2.31. The minimum absolute atomic E-state index is 0.112. The maximum Gasteiger partial charge on any atom is 0.329 e. The molecule has 0 spiro atoms. The van der Waals surface area contributed by atoms with E-state index in [1.807, 2.05) is 0 Å². The number of nitro groups is 1. The molecule has 1 fully saturated rings. The van der Waals surface area contributed by atoms with Crippen LogP contribution in [0.3, 0.4) is 0 Å². The zero-order valence-electron chi connectivity index (χ0n) is 10.3. The summed E-state index contributed by atoms with van der Waals surface area (Å²) in [6.07, 6.45) is 4.95. The lowest BCUT2D eigenvalue weighted by atomic mass is 9.81. The number of hydrogen-bond acceptors (Lipinski definition) is 5. The molecule has 0 aromatic carbocycles. The van der Waals surface area contributed by atoms with Gasteiger partial charge >= 0.3 is 5.97 Å². The van der Waals surface area contributed by atoms with Crippen molar-refractivity contribution >= 4 is 17.5 Å². The molecule has 0 aliphatic heterocycles. The van der Waals surface area contributed by atoms with Gasteiger partial charge in [-0.1, -0.05) is 19.3 Å². The molecule has 1 heterocycles. The summed E-state index contributed by atoms with van der Waals surface area (Å²) in [6, 6.07) is 2.76. The van der Waals surface area contributed by atoms with Crippen LogP contribution in [-0.2, 0) is 4.79 Å². The molecule has 0 saturated heterocycles. The van der Waals surface area contributed by atoms with Crippen LogP contribution in [-0.4, -0.2) is 26.5 Å². The van der Waals surface area contributed by atoms with E-state index < -0.39 is 16.4 Å². The molecule has 0 radical (unpaired) electrons. The summed E-state index contributed by atoms with van der Waals surface area (Å²) in [5.41, 5.74) is -1.11. The first kappa shape index (κ1) is 13.3. The predicted molar refractivity (Wildman–Crippen MR) is 68.0 cm³/mol.